The third kappa shape index (κ3) is 2.64. The number of rotatable bonds is 6. The zero-order valence-electron chi connectivity index (χ0n) is 9.70. The molecular weight excluding hydrogens is 202 g/mol. The Balaban J connectivity index is 1.85. The third-order valence-corrected chi connectivity index (χ3v) is 2.84. The highest BCUT2D eigenvalue weighted by molar-refractivity contribution is 5.92. The quantitative estimate of drug-likeness (QED) is 0.708. The minimum atomic E-state index is 0.0491. The van der Waals surface area contributed by atoms with Crippen LogP contribution in [0.25, 0.3) is 0 Å². The minimum Gasteiger partial charge on any atom is -0.351 e. The molecule has 88 valence electrons. The maximum atomic E-state index is 11.9. The molecule has 1 amide bonds. The Kier molecular flexibility index (Phi) is 3.62. The number of nitrogens with zero attached hydrogens (tertiary/aromatic N) is 1. The highest BCUT2D eigenvalue weighted by Crippen LogP contribution is 2.35. The second kappa shape index (κ2) is 5.16. The van der Waals surface area contributed by atoms with Gasteiger partial charge in [-0.25, -0.2) is 0 Å². The molecule has 1 heterocycles. The molecule has 1 fully saturated rings. The van der Waals surface area contributed by atoms with Gasteiger partial charge in [-0.3, -0.25) is 4.79 Å². The van der Waals surface area contributed by atoms with Crippen molar-refractivity contribution in [2.24, 2.45) is 0 Å². The van der Waals surface area contributed by atoms with Gasteiger partial charge in [0.1, 0.15) is 5.69 Å². The summed E-state index contributed by atoms with van der Waals surface area (Å²) in [6.45, 7) is 1.67. The number of carbonyl (C=O) groups excluding carboxylic acids is 1. The fourth-order valence-corrected chi connectivity index (χ4v) is 1.81. The van der Waals surface area contributed by atoms with E-state index in [0.717, 1.165) is 25.2 Å². The molecular formula is C12H19N3O. The lowest BCUT2D eigenvalue weighted by molar-refractivity contribution is 0.0944. The summed E-state index contributed by atoms with van der Waals surface area (Å²) in [7, 11) is 1.92. The van der Waals surface area contributed by atoms with E-state index in [1.54, 1.807) is 0 Å². The second-order valence-electron chi connectivity index (χ2n) is 4.24. The van der Waals surface area contributed by atoms with E-state index in [2.05, 4.69) is 15.2 Å². The molecule has 2 rings (SSSR count). The molecule has 1 aliphatic rings. The van der Waals surface area contributed by atoms with Gasteiger partial charge in [-0.1, -0.05) is 0 Å². The van der Waals surface area contributed by atoms with E-state index in [4.69, 9.17) is 0 Å². The summed E-state index contributed by atoms with van der Waals surface area (Å²) >= 11 is 0. The number of carbonyl (C=O) groups is 1. The zero-order chi connectivity index (χ0) is 11.4. The first kappa shape index (κ1) is 11.2. The maximum absolute atomic E-state index is 11.9. The van der Waals surface area contributed by atoms with Gasteiger partial charge in [0.05, 0.1) is 0 Å². The molecule has 2 N–H and O–H groups in total. The number of amides is 1. The predicted molar refractivity (Wildman–Crippen MR) is 63.6 cm³/mol. The lowest BCUT2D eigenvalue weighted by Crippen LogP contribution is -2.28. The minimum absolute atomic E-state index is 0.0491. The fourth-order valence-electron chi connectivity index (χ4n) is 1.81. The van der Waals surface area contributed by atoms with Crippen LogP contribution >= 0.6 is 0 Å². The first-order valence-electron chi connectivity index (χ1n) is 5.92. The third-order valence-electron chi connectivity index (χ3n) is 2.84. The van der Waals surface area contributed by atoms with Gasteiger partial charge < -0.3 is 15.2 Å². The van der Waals surface area contributed by atoms with E-state index in [0.29, 0.717) is 6.04 Å². The fraction of sp³-hybridized carbons (Fsp3) is 0.583. The van der Waals surface area contributed by atoms with Gasteiger partial charge >= 0.3 is 0 Å². The van der Waals surface area contributed by atoms with E-state index in [1.807, 2.05) is 25.4 Å². The number of aromatic nitrogens is 1. The van der Waals surface area contributed by atoms with Gasteiger partial charge in [-0.2, -0.15) is 0 Å². The first-order valence-corrected chi connectivity index (χ1v) is 5.92. The topological polar surface area (TPSA) is 46.1 Å². The number of hydrogen-bond acceptors (Lipinski definition) is 2. The number of hydrogen-bond donors (Lipinski definition) is 2. The van der Waals surface area contributed by atoms with Gasteiger partial charge in [-0.05, 0) is 45.0 Å². The van der Waals surface area contributed by atoms with Crippen molar-refractivity contribution in [3.8, 4) is 0 Å². The van der Waals surface area contributed by atoms with Gasteiger partial charge in [0.25, 0.3) is 5.91 Å². The molecule has 1 aliphatic carbocycles. The van der Waals surface area contributed by atoms with Crippen LogP contribution in [0.2, 0.25) is 0 Å². The Hall–Kier alpha value is -1.29. The van der Waals surface area contributed by atoms with Crippen molar-refractivity contribution in [2.75, 3.05) is 20.1 Å². The van der Waals surface area contributed by atoms with Crippen molar-refractivity contribution in [1.29, 1.82) is 0 Å². The van der Waals surface area contributed by atoms with Crippen molar-refractivity contribution >= 4 is 5.91 Å². The van der Waals surface area contributed by atoms with Gasteiger partial charge in [0.2, 0.25) is 0 Å². The normalized spacial score (nSPS) is 15.1. The summed E-state index contributed by atoms with van der Waals surface area (Å²) in [5.74, 6) is 0.0491. The van der Waals surface area contributed by atoms with Crippen LogP contribution < -0.4 is 10.6 Å². The SMILES string of the molecule is CNCCCNC(=O)c1cccn1C1CC1. The Morgan fingerprint density at radius 1 is 1.50 bits per heavy atom. The molecule has 1 aromatic heterocycles. The summed E-state index contributed by atoms with van der Waals surface area (Å²) in [6, 6.07) is 4.40. The lowest BCUT2D eigenvalue weighted by atomic mass is 10.3. The summed E-state index contributed by atoms with van der Waals surface area (Å²) < 4.78 is 2.09. The molecule has 0 aromatic carbocycles. The largest absolute Gasteiger partial charge is 0.351 e. The van der Waals surface area contributed by atoms with E-state index in [9.17, 15) is 4.79 Å². The predicted octanol–water partition coefficient (Wildman–Crippen LogP) is 1.16. The smallest absolute Gasteiger partial charge is 0.267 e. The van der Waals surface area contributed by atoms with E-state index in [1.165, 1.54) is 12.8 Å². The summed E-state index contributed by atoms with van der Waals surface area (Å²) in [5.41, 5.74) is 0.798. The van der Waals surface area contributed by atoms with Crippen LogP contribution in [-0.4, -0.2) is 30.6 Å². The van der Waals surface area contributed by atoms with Crippen molar-refractivity contribution in [3.63, 3.8) is 0 Å². The summed E-state index contributed by atoms with van der Waals surface area (Å²) in [4.78, 5) is 11.9. The molecule has 0 saturated heterocycles. The van der Waals surface area contributed by atoms with Crippen LogP contribution in [0.1, 0.15) is 35.8 Å². The van der Waals surface area contributed by atoms with Crippen LogP contribution in [0, 0.1) is 0 Å². The summed E-state index contributed by atoms with van der Waals surface area (Å²) in [5, 5.41) is 6.00. The average Bonchev–Trinajstić information content (AvgIpc) is 3.02. The van der Waals surface area contributed by atoms with Crippen molar-refractivity contribution in [3.05, 3.63) is 24.0 Å². The molecule has 0 aliphatic heterocycles. The van der Waals surface area contributed by atoms with Crippen LogP contribution in [-0.2, 0) is 0 Å². The molecule has 1 saturated carbocycles. The molecule has 0 radical (unpaired) electrons. The molecule has 0 atom stereocenters. The Morgan fingerprint density at radius 3 is 3.00 bits per heavy atom. The molecule has 16 heavy (non-hydrogen) atoms. The van der Waals surface area contributed by atoms with Crippen molar-refractivity contribution in [2.45, 2.75) is 25.3 Å². The summed E-state index contributed by atoms with van der Waals surface area (Å²) in [6.07, 6.45) is 5.37. The van der Waals surface area contributed by atoms with Crippen molar-refractivity contribution in [1.82, 2.24) is 15.2 Å². The molecule has 0 bridgehead atoms. The first-order chi connectivity index (χ1) is 7.83. The standard InChI is InChI=1S/C12H19N3O/c1-13-7-3-8-14-12(16)11-4-2-9-15(11)10-5-6-10/h2,4,9-10,13H,3,5-8H2,1H3,(H,14,16). The zero-order valence-corrected chi connectivity index (χ0v) is 9.70. The molecule has 0 spiro atoms. The van der Waals surface area contributed by atoms with E-state index < -0.39 is 0 Å². The molecule has 4 nitrogen and oxygen atoms in total. The monoisotopic (exact) mass is 221 g/mol. The average molecular weight is 221 g/mol. The van der Waals surface area contributed by atoms with Crippen molar-refractivity contribution < 1.29 is 4.79 Å². The lowest BCUT2D eigenvalue weighted by Gasteiger charge is -2.08. The number of nitrogens with one attached hydrogen (secondary N) is 2. The van der Waals surface area contributed by atoms with Gasteiger partial charge in [-0.15, -0.1) is 0 Å². The van der Waals surface area contributed by atoms with Crippen LogP contribution in [0.3, 0.4) is 0 Å². The maximum Gasteiger partial charge on any atom is 0.267 e. The Labute approximate surface area is 96.0 Å². The Morgan fingerprint density at radius 2 is 2.31 bits per heavy atom. The van der Waals surface area contributed by atoms with E-state index in [-0.39, 0.29) is 5.91 Å². The van der Waals surface area contributed by atoms with Crippen LogP contribution in [0.5, 0.6) is 0 Å². The van der Waals surface area contributed by atoms with Crippen LogP contribution in [0.4, 0.5) is 0 Å². The van der Waals surface area contributed by atoms with Gasteiger partial charge in [0, 0.05) is 18.8 Å². The highest BCUT2D eigenvalue weighted by atomic mass is 16.1. The molecule has 1 aromatic rings. The Bertz CT molecular complexity index is 355. The van der Waals surface area contributed by atoms with Gasteiger partial charge in [0.15, 0.2) is 0 Å². The highest BCUT2D eigenvalue weighted by Gasteiger charge is 2.26. The second-order valence-corrected chi connectivity index (χ2v) is 4.24. The van der Waals surface area contributed by atoms with Crippen LogP contribution in [0.15, 0.2) is 18.3 Å². The van der Waals surface area contributed by atoms with E-state index >= 15 is 0 Å². The molecule has 4 heteroatoms. The molecule has 0 unspecified atom stereocenters.